The van der Waals surface area contributed by atoms with Gasteiger partial charge in [0.1, 0.15) is 0 Å². The third kappa shape index (κ3) is 3.26. The van der Waals surface area contributed by atoms with Gasteiger partial charge in [0.2, 0.25) is 10.0 Å². The number of hydrogen-bond donors (Lipinski definition) is 2. The van der Waals surface area contributed by atoms with E-state index in [1.165, 1.54) is 6.92 Å². The molecule has 0 saturated heterocycles. The van der Waals surface area contributed by atoms with Crippen LogP contribution in [0.5, 0.6) is 0 Å². The monoisotopic (exact) mass is 287 g/mol. The van der Waals surface area contributed by atoms with E-state index < -0.39 is 31.4 Å². The van der Waals surface area contributed by atoms with Crippen LogP contribution in [0.3, 0.4) is 0 Å². The minimum Gasteiger partial charge on any atom is -0.352 e. The maximum atomic E-state index is 11.8. The molecule has 0 fully saturated rings. The number of benzene rings is 1. The molecule has 104 valence electrons. The van der Waals surface area contributed by atoms with Crippen molar-refractivity contribution in [1.82, 2.24) is 5.32 Å². The molecule has 9 heteroatoms. The Morgan fingerprint density at radius 3 is 2.47 bits per heavy atom. The Morgan fingerprint density at radius 2 is 2.05 bits per heavy atom. The van der Waals surface area contributed by atoms with E-state index in [4.69, 9.17) is 5.14 Å². The molecule has 0 unspecified atom stereocenters. The third-order valence-electron chi connectivity index (χ3n) is 2.44. The van der Waals surface area contributed by atoms with Crippen molar-refractivity contribution in [2.45, 2.75) is 18.7 Å². The number of nitrogens with two attached hydrogens (primary N) is 1. The molecule has 0 saturated carbocycles. The van der Waals surface area contributed by atoms with Crippen LogP contribution in [0.25, 0.3) is 0 Å². The maximum Gasteiger partial charge on any atom is 0.271 e. The molecule has 0 radical (unpaired) electrons. The number of hydrogen-bond acceptors (Lipinski definition) is 5. The molecule has 0 aromatic heterocycles. The smallest absolute Gasteiger partial charge is 0.271 e. The van der Waals surface area contributed by atoms with Crippen LogP contribution >= 0.6 is 0 Å². The second kappa shape index (κ2) is 5.33. The van der Waals surface area contributed by atoms with E-state index in [0.29, 0.717) is 6.54 Å². The summed E-state index contributed by atoms with van der Waals surface area (Å²) in [6, 6.07) is 1.86. The number of carbonyl (C=O) groups excluding carboxylic acids is 1. The molecule has 0 heterocycles. The van der Waals surface area contributed by atoms with Crippen LogP contribution in [0.15, 0.2) is 17.0 Å². The van der Waals surface area contributed by atoms with Crippen LogP contribution in [-0.2, 0) is 10.0 Å². The van der Waals surface area contributed by atoms with Gasteiger partial charge >= 0.3 is 0 Å². The van der Waals surface area contributed by atoms with Gasteiger partial charge in [-0.1, -0.05) is 0 Å². The first-order valence-electron chi connectivity index (χ1n) is 5.28. The lowest BCUT2D eigenvalue weighted by molar-refractivity contribution is -0.385. The van der Waals surface area contributed by atoms with Crippen LogP contribution in [0.1, 0.15) is 22.8 Å². The number of rotatable bonds is 4. The first-order chi connectivity index (χ1) is 8.68. The van der Waals surface area contributed by atoms with Gasteiger partial charge in [-0.3, -0.25) is 14.9 Å². The van der Waals surface area contributed by atoms with Crippen molar-refractivity contribution in [3.05, 3.63) is 33.4 Å². The number of primary sulfonamides is 1. The summed E-state index contributed by atoms with van der Waals surface area (Å²) >= 11 is 0. The summed E-state index contributed by atoms with van der Waals surface area (Å²) < 4.78 is 22.8. The Kier molecular flexibility index (Phi) is 4.22. The molecule has 0 spiro atoms. The second-order valence-electron chi connectivity index (χ2n) is 3.78. The Balaban J connectivity index is 3.60. The lowest BCUT2D eigenvalue weighted by Gasteiger charge is -2.09. The molecule has 0 bridgehead atoms. The summed E-state index contributed by atoms with van der Waals surface area (Å²) in [7, 11) is -4.14. The summed E-state index contributed by atoms with van der Waals surface area (Å²) in [5, 5.41) is 18.2. The van der Waals surface area contributed by atoms with Crippen molar-refractivity contribution in [1.29, 1.82) is 0 Å². The van der Waals surface area contributed by atoms with Crippen LogP contribution in [0, 0.1) is 17.0 Å². The number of amides is 1. The van der Waals surface area contributed by atoms with Crippen LogP contribution in [0.2, 0.25) is 0 Å². The predicted octanol–water partition coefficient (Wildman–Crippen LogP) is 0.300. The quantitative estimate of drug-likeness (QED) is 0.607. The first-order valence-corrected chi connectivity index (χ1v) is 6.83. The zero-order valence-corrected chi connectivity index (χ0v) is 11.2. The fourth-order valence-corrected chi connectivity index (χ4v) is 2.39. The molecule has 8 nitrogen and oxygen atoms in total. The van der Waals surface area contributed by atoms with E-state index in [1.807, 2.05) is 0 Å². The Morgan fingerprint density at radius 1 is 1.47 bits per heavy atom. The van der Waals surface area contributed by atoms with Crippen molar-refractivity contribution >= 4 is 21.6 Å². The Labute approximate surface area is 109 Å². The average Bonchev–Trinajstić information content (AvgIpc) is 2.27. The number of nitrogens with zero attached hydrogens (tertiary/aromatic N) is 1. The van der Waals surface area contributed by atoms with E-state index in [1.54, 1.807) is 6.92 Å². The molecule has 1 rings (SSSR count). The topological polar surface area (TPSA) is 132 Å². The SMILES string of the molecule is CCNC(=O)c1cc([N+](=O)[O-])cc(S(N)(=O)=O)c1C. The van der Waals surface area contributed by atoms with Gasteiger partial charge in [-0.2, -0.15) is 0 Å². The molecule has 1 amide bonds. The number of nitro groups is 1. The Bertz CT molecular complexity index is 639. The van der Waals surface area contributed by atoms with E-state index in [0.717, 1.165) is 12.1 Å². The van der Waals surface area contributed by atoms with Crippen molar-refractivity contribution in [3.63, 3.8) is 0 Å². The van der Waals surface area contributed by atoms with Gasteiger partial charge in [0, 0.05) is 18.7 Å². The number of sulfonamides is 1. The highest BCUT2D eigenvalue weighted by molar-refractivity contribution is 7.89. The summed E-state index contributed by atoms with van der Waals surface area (Å²) in [6.45, 7) is 3.35. The summed E-state index contributed by atoms with van der Waals surface area (Å²) in [4.78, 5) is 21.3. The largest absolute Gasteiger partial charge is 0.352 e. The second-order valence-corrected chi connectivity index (χ2v) is 5.31. The highest BCUT2D eigenvalue weighted by Gasteiger charge is 2.23. The number of non-ortho nitro benzene ring substituents is 1. The van der Waals surface area contributed by atoms with Crippen LogP contribution < -0.4 is 10.5 Å². The van der Waals surface area contributed by atoms with Crippen molar-refractivity contribution in [3.8, 4) is 0 Å². The first kappa shape index (κ1) is 15.1. The zero-order valence-electron chi connectivity index (χ0n) is 10.3. The fraction of sp³-hybridized carbons (Fsp3) is 0.300. The molecule has 19 heavy (non-hydrogen) atoms. The molecule has 1 aromatic carbocycles. The van der Waals surface area contributed by atoms with Gasteiger partial charge in [-0.25, -0.2) is 13.6 Å². The van der Waals surface area contributed by atoms with E-state index in [9.17, 15) is 23.3 Å². The van der Waals surface area contributed by atoms with Gasteiger partial charge < -0.3 is 5.32 Å². The zero-order chi connectivity index (χ0) is 14.8. The molecule has 0 aliphatic heterocycles. The van der Waals surface area contributed by atoms with Gasteiger partial charge in [0.15, 0.2) is 0 Å². The molecular formula is C10H13N3O5S. The molecule has 0 aliphatic carbocycles. The van der Waals surface area contributed by atoms with E-state index >= 15 is 0 Å². The normalized spacial score (nSPS) is 11.1. The van der Waals surface area contributed by atoms with Gasteiger partial charge in [0.25, 0.3) is 11.6 Å². The fourth-order valence-electron chi connectivity index (χ4n) is 1.57. The molecular weight excluding hydrogens is 274 g/mol. The molecule has 1 aromatic rings. The standard InChI is InChI=1S/C10H13N3O5S/c1-3-12-10(14)8-4-7(13(15)16)5-9(6(8)2)19(11,17)18/h4-5H,3H2,1-2H3,(H,12,14)(H2,11,17,18). The summed E-state index contributed by atoms with van der Waals surface area (Å²) in [6.07, 6.45) is 0. The minimum absolute atomic E-state index is 0.0825. The van der Waals surface area contributed by atoms with Crippen LogP contribution in [0.4, 0.5) is 5.69 Å². The van der Waals surface area contributed by atoms with Crippen molar-refractivity contribution in [2.75, 3.05) is 6.54 Å². The third-order valence-corrected chi connectivity index (χ3v) is 3.48. The Hall–Kier alpha value is -2.00. The van der Waals surface area contributed by atoms with Gasteiger partial charge in [-0.05, 0) is 19.4 Å². The summed E-state index contributed by atoms with van der Waals surface area (Å²) in [5.74, 6) is -0.589. The lowest BCUT2D eigenvalue weighted by Crippen LogP contribution is -2.25. The van der Waals surface area contributed by atoms with Crippen molar-refractivity contribution in [2.24, 2.45) is 5.14 Å². The number of nitro benzene ring substituents is 1. The summed E-state index contributed by atoms with van der Waals surface area (Å²) in [5.41, 5.74) is -0.505. The number of nitrogens with one attached hydrogen (secondary N) is 1. The maximum absolute atomic E-state index is 11.8. The van der Waals surface area contributed by atoms with E-state index in [-0.39, 0.29) is 11.1 Å². The predicted molar refractivity (Wildman–Crippen MR) is 67.2 cm³/mol. The minimum atomic E-state index is -4.14. The van der Waals surface area contributed by atoms with Crippen LogP contribution in [-0.4, -0.2) is 25.8 Å². The molecule has 3 N–H and O–H groups in total. The van der Waals surface area contributed by atoms with Gasteiger partial charge in [0.05, 0.1) is 15.4 Å². The number of carbonyl (C=O) groups is 1. The van der Waals surface area contributed by atoms with Crippen molar-refractivity contribution < 1.29 is 18.1 Å². The molecule has 0 atom stereocenters. The van der Waals surface area contributed by atoms with E-state index in [2.05, 4.69) is 5.32 Å². The highest BCUT2D eigenvalue weighted by Crippen LogP contribution is 2.25. The van der Waals surface area contributed by atoms with Gasteiger partial charge in [-0.15, -0.1) is 0 Å². The lowest BCUT2D eigenvalue weighted by atomic mass is 10.1. The molecule has 0 aliphatic rings. The highest BCUT2D eigenvalue weighted by atomic mass is 32.2. The average molecular weight is 287 g/mol.